The summed E-state index contributed by atoms with van der Waals surface area (Å²) in [4.78, 5) is 22.7. The molecule has 0 saturated heterocycles. The molecule has 0 aliphatic heterocycles. The van der Waals surface area contributed by atoms with Crippen LogP contribution in [0, 0.1) is 0 Å². The SMILES string of the molecule is CCOc1ccc(SCC(=O)NCCC(=O)O)cc1. The molecular weight excluding hydrogens is 266 g/mol. The number of ether oxygens (including phenoxy) is 1. The molecule has 104 valence electrons. The molecule has 1 aromatic rings. The predicted molar refractivity (Wildman–Crippen MR) is 73.6 cm³/mol. The molecule has 0 fully saturated rings. The van der Waals surface area contributed by atoms with Crippen molar-refractivity contribution in [3.8, 4) is 5.75 Å². The minimum absolute atomic E-state index is 0.0561. The van der Waals surface area contributed by atoms with Gasteiger partial charge in [-0.3, -0.25) is 9.59 Å². The number of nitrogens with one attached hydrogen (secondary N) is 1. The van der Waals surface area contributed by atoms with Crippen molar-refractivity contribution in [2.45, 2.75) is 18.2 Å². The fourth-order valence-electron chi connectivity index (χ4n) is 1.31. The van der Waals surface area contributed by atoms with E-state index in [0.717, 1.165) is 10.6 Å². The maximum absolute atomic E-state index is 11.4. The van der Waals surface area contributed by atoms with Crippen LogP contribution in [0.4, 0.5) is 0 Å². The number of carboxylic acid groups (broad SMARTS) is 1. The molecule has 0 radical (unpaired) electrons. The number of benzene rings is 1. The molecule has 6 heteroatoms. The summed E-state index contributed by atoms with van der Waals surface area (Å²) >= 11 is 1.40. The van der Waals surface area contributed by atoms with Crippen molar-refractivity contribution >= 4 is 23.6 Å². The van der Waals surface area contributed by atoms with Crippen LogP contribution in [0.1, 0.15) is 13.3 Å². The molecule has 0 spiro atoms. The normalized spacial score (nSPS) is 9.95. The maximum Gasteiger partial charge on any atom is 0.305 e. The number of hydrogen-bond acceptors (Lipinski definition) is 4. The summed E-state index contributed by atoms with van der Waals surface area (Å²) in [6.07, 6.45) is -0.0561. The van der Waals surface area contributed by atoms with Crippen molar-refractivity contribution in [3.05, 3.63) is 24.3 Å². The van der Waals surface area contributed by atoms with E-state index in [1.54, 1.807) is 0 Å². The fourth-order valence-corrected chi connectivity index (χ4v) is 2.04. The zero-order valence-electron chi connectivity index (χ0n) is 10.7. The second-order valence-electron chi connectivity index (χ2n) is 3.69. The molecule has 19 heavy (non-hydrogen) atoms. The van der Waals surface area contributed by atoms with Crippen LogP contribution in [0.5, 0.6) is 5.75 Å². The second-order valence-corrected chi connectivity index (χ2v) is 4.74. The van der Waals surface area contributed by atoms with Crippen LogP contribution in [-0.2, 0) is 9.59 Å². The van der Waals surface area contributed by atoms with Crippen LogP contribution >= 0.6 is 11.8 Å². The van der Waals surface area contributed by atoms with E-state index in [0.29, 0.717) is 6.61 Å². The van der Waals surface area contributed by atoms with Gasteiger partial charge in [0, 0.05) is 11.4 Å². The lowest BCUT2D eigenvalue weighted by Crippen LogP contribution is -2.27. The van der Waals surface area contributed by atoms with Gasteiger partial charge in [-0.25, -0.2) is 0 Å². The lowest BCUT2D eigenvalue weighted by atomic mass is 10.3. The maximum atomic E-state index is 11.4. The Morgan fingerprint density at radius 3 is 2.58 bits per heavy atom. The van der Waals surface area contributed by atoms with Crippen molar-refractivity contribution in [2.24, 2.45) is 0 Å². The minimum Gasteiger partial charge on any atom is -0.494 e. The van der Waals surface area contributed by atoms with E-state index >= 15 is 0 Å². The first kappa shape index (κ1) is 15.4. The smallest absolute Gasteiger partial charge is 0.305 e. The van der Waals surface area contributed by atoms with Gasteiger partial charge in [-0.05, 0) is 31.2 Å². The van der Waals surface area contributed by atoms with Crippen LogP contribution in [0.3, 0.4) is 0 Å². The van der Waals surface area contributed by atoms with Gasteiger partial charge in [0.1, 0.15) is 5.75 Å². The average Bonchev–Trinajstić information content (AvgIpc) is 2.38. The van der Waals surface area contributed by atoms with Gasteiger partial charge in [0.25, 0.3) is 0 Å². The lowest BCUT2D eigenvalue weighted by Gasteiger charge is -2.05. The Balaban J connectivity index is 2.27. The monoisotopic (exact) mass is 283 g/mol. The van der Waals surface area contributed by atoms with Gasteiger partial charge in [-0.2, -0.15) is 0 Å². The number of carbonyl (C=O) groups excluding carboxylic acids is 1. The standard InChI is InChI=1S/C13H17NO4S/c1-2-18-10-3-5-11(6-4-10)19-9-12(15)14-8-7-13(16)17/h3-6H,2,7-9H2,1H3,(H,14,15)(H,16,17). The molecule has 0 saturated carbocycles. The fraction of sp³-hybridized carbons (Fsp3) is 0.385. The van der Waals surface area contributed by atoms with Crippen molar-refractivity contribution in [3.63, 3.8) is 0 Å². The highest BCUT2D eigenvalue weighted by Gasteiger charge is 2.04. The van der Waals surface area contributed by atoms with Crippen molar-refractivity contribution in [1.29, 1.82) is 0 Å². The summed E-state index contributed by atoms with van der Waals surface area (Å²) in [6, 6.07) is 7.49. The molecule has 0 aliphatic rings. The Kier molecular flexibility index (Phi) is 6.81. The topological polar surface area (TPSA) is 75.6 Å². The summed E-state index contributed by atoms with van der Waals surface area (Å²) in [5.74, 6) is -0.00879. The Labute approximate surface area is 116 Å². The summed E-state index contributed by atoms with van der Waals surface area (Å²) in [5, 5.41) is 11.0. The van der Waals surface area contributed by atoms with Gasteiger partial charge in [-0.1, -0.05) is 0 Å². The van der Waals surface area contributed by atoms with Crippen molar-refractivity contribution in [2.75, 3.05) is 18.9 Å². The molecule has 1 amide bonds. The summed E-state index contributed by atoms with van der Waals surface area (Å²) < 4.78 is 5.32. The summed E-state index contributed by atoms with van der Waals surface area (Å²) in [5.41, 5.74) is 0. The van der Waals surface area contributed by atoms with Gasteiger partial charge in [0.15, 0.2) is 0 Å². The van der Waals surface area contributed by atoms with E-state index in [1.165, 1.54) is 11.8 Å². The van der Waals surface area contributed by atoms with Crippen LogP contribution in [0.2, 0.25) is 0 Å². The van der Waals surface area contributed by atoms with Crippen LogP contribution in [0.25, 0.3) is 0 Å². The van der Waals surface area contributed by atoms with E-state index < -0.39 is 5.97 Å². The van der Waals surface area contributed by atoms with E-state index in [4.69, 9.17) is 9.84 Å². The number of rotatable bonds is 8. The summed E-state index contributed by atoms with van der Waals surface area (Å²) in [6.45, 7) is 2.71. The van der Waals surface area contributed by atoms with Crippen molar-refractivity contribution < 1.29 is 19.4 Å². The third kappa shape index (κ3) is 6.71. The third-order valence-corrected chi connectivity index (χ3v) is 3.18. The highest BCUT2D eigenvalue weighted by molar-refractivity contribution is 8.00. The number of hydrogen-bond donors (Lipinski definition) is 2. The Hall–Kier alpha value is -1.69. The molecule has 5 nitrogen and oxygen atoms in total. The zero-order valence-corrected chi connectivity index (χ0v) is 11.5. The number of amides is 1. The third-order valence-electron chi connectivity index (χ3n) is 2.17. The quantitative estimate of drug-likeness (QED) is 0.711. The van der Waals surface area contributed by atoms with E-state index in [9.17, 15) is 9.59 Å². The van der Waals surface area contributed by atoms with Gasteiger partial charge < -0.3 is 15.2 Å². The predicted octanol–water partition coefficient (Wildman–Crippen LogP) is 1.77. The molecular formula is C13H17NO4S. The number of aliphatic carboxylic acids is 1. The molecule has 0 heterocycles. The minimum atomic E-state index is -0.917. The van der Waals surface area contributed by atoms with E-state index in [1.807, 2.05) is 31.2 Å². The van der Waals surface area contributed by atoms with Gasteiger partial charge in [0.2, 0.25) is 5.91 Å². The summed E-state index contributed by atoms with van der Waals surface area (Å²) in [7, 11) is 0. The first-order chi connectivity index (χ1) is 9.11. The van der Waals surface area contributed by atoms with Crippen molar-refractivity contribution in [1.82, 2.24) is 5.32 Å². The average molecular weight is 283 g/mol. The van der Waals surface area contributed by atoms with Gasteiger partial charge in [-0.15, -0.1) is 11.8 Å². The number of thioether (sulfide) groups is 1. The molecule has 1 rings (SSSR count). The van der Waals surface area contributed by atoms with Crippen LogP contribution in [-0.4, -0.2) is 35.9 Å². The van der Waals surface area contributed by atoms with E-state index in [2.05, 4.69) is 5.32 Å². The molecule has 0 bridgehead atoms. The van der Waals surface area contributed by atoms with Gasteiger partial charge in [0.05, 0.1) is 18.8 Å². The van der Waals surface area contributed by atoms with Crippen LogP contribution < -0.4 is 10.1 Å². The number of carboxylic acids is 1. The Morgan fingerprint density at radius 1 is 1.32 bits per heavy atom. The molecule has 0 unspecified atom stereocenters. The lowest BCUT2D eigenvalue weighted by molar-refractivity contribution is -0.136. The molecule has 0 atom stereocenters. The molecule has 0 aromatic heterocycles. The molecule has 2 N–H and O–H groups in total. The zero-order chi connectivity index (χ0) is 14.1. The van der Waals surface area contributed by atoms with E-state index in [-0.39, 0.29) is 24.6 Å². The highest BCUT2D eigenvalue weighted by Crippen LogP contribution is 2.21. The number of carbonyl (C=O) groups is 2. The first-order valence-corrected chi connectivity index (χ1v) is 6.94. The Bertz CT molecular complexity index is 419. The van der Waals surface area contributed by atoms with Gasteiger partial charge >= 0.3 is 5.97 Å². The highest BCUT2D eigenvalue weighted by atomic mass is 32.2. The van der Waals surface area contributed by atoms with Crippen LogP contribution in [0.15, 0.2) is 29.2 Å². The Morgan fingerprint density at radius 2 is 2.00 bits per heavy atom. The first-order valence-electron chi connectivity index (χ1n) is 5.96. The second kappa shape index (κ2) is 8.42. The molecule has 1 aromatic carbocycles. The largest absolute Gasteiger partial charge is 0.494 e. The molecule has 0 aliphatic carbocycles.